The number of amidine groups is 1. The molecular formula is C30H34FN6. The molecule has 6 nitrogen and oxygen atoms in total. The minimum Gasteiger partial charge on any atom is -0.352 e. The molecule has 2 unspecified atom stereocenters. The van der Waals surface area contributed by atoms with Crippen LogP contribution in [-0.2, 0) is 0 Å². The molecule has 37 heavy (non-hydrogen) atoms. The van der Waals surface area contributed by atoms with E-state index in [0.29, 0.717) is 17.7 Å². The second-order valence-corrected chi connectivity index (χ2v) is 10.7. The van der Waals surface area contributed by atoms with Crippen molar-refractivity contribution < 1.29 is 7.24 Å². The molecule has 7 heteroatoms. The van der Waals surface area contributed by atoms with E-state index in [2.05, 4.69) is 65.8 Å². The summed E-state index contributed by atoms with van der Waals surface area (Å²) in [6.07, 6.45) is 12.4. The fourth-order valence-electron chi connectivity index (χ4n) is 5.89. The number of hydrogen-bond acceptors (Lipinski definition) is 5. The van der Waals surface area contributed by atoms with Gasteiger partial charge in [-0.25, -0.2) is 9.37 Å². The summed E-state index contributed by atoms with van der Waals surface area (Å²) in [5.74, 6) is 0.987. The second-order valence-electron chi connectivity index (χ2n) is 10.7. The van der Waals surface area contributed by atoms with Gasteiger partial charge in [-0.1, -0.05) is 31.2 Å². The molecule has 1 fully saturated rings. The number of allylic oxidation sites excluding steroid dienone is 3. The van der Waals surface area contributed by atoms with Gasteiger partial charge in [0, 0.05) is 63.9 Å². The number of nitrogens with zero attached hydrogens (tertiary/aromatic N) is 5. The van der Waals surface area contributed by atoms with Crippen molar-refractivity contribution in [2.45, 2.75) is 45.7 Å². The normalized spacial score (nSPS) is 24.6. The first-order valence-electron chi connectivity index (χ1n) is 13.2. The lowest BCUT2D eigenvalue weighted by Crippen LogP contribution is -2.57. The molecule has 191 valence electrons. The molecule has 0 spiro atoms. The zero-order valence-electron chi connectivity index (χ0n) is 21.4. The largest absolute Gasteiger partial charge is 0.352 e. The number of nitrogens with one attached hydrogen (secondary N) is 1. The summed E-state index contributed by atoms with van der Waals surface area (Å²) in [6, 6.07) is 8.82. The minimum atomic E-state index is -0.317. The molecule has 1 N–H and O–H groups in total. The van der Waals surface area contributed by atoms with Crippen LogP contribution in [0.1, 0.15) is 46.4 Å². The molecule has 5 heterocycles. The lowest BCUT2D eigenvalue weighted by atomic mass is 9.78. The molecule has 0 saturated carbocycles. The zero-order chi connectivity index (χ0) is 25.3. The van der Waals surface area contributed by atoms with E-state index in [1.165, 1.54) is 11.1 Å². The van der Waals surface area contributed by atoms with E-state index in [1.807, 2.05) is 19.3 Å². The lowest BCUT2D eigenvalue weighted by Gasteiger charge is -2.40. The Morgan fingerprint density at radius 2 is 1.95 bits per heavy atom. The Morgan fingerprint density at radius 1 is 1.11 bits per heavy atom. The van der Waals surface area contributed by atoms with Gasteiger partial charge in [-0.2, -0.15) is 5.10 Å². The van der Waals surface area contributed by atoms with Crippen molar-refractivity contribution in [1.82, 2.24) is 19.6 Å². The number of hydrogen-bond donors (Lipinski definition) is 1. The third kappa shape index (κ3) is 3.93. The van der Waals surface area contributed by atoms with Gasteiger partial charge in [-0.05, 0) is 61.1 Å². The summed E-state index contributed by atoms with van der Waals surface area (Å²) in [5, 5.41) is 13.4. The second kappa shape index (κ2) is 8.48. The first-order chi connectivity index (χ1) is 18.0. The van der Waals surface area contributed by atoms with Crippen molar-refractivity contribution in [2.75, 3.05) is 13.1 Å². The van der Waals surface area contributed by atoms with Gasteiger partial charge in [0.25, 0.3) is 0 Å². The number of piperazine rings is 1. The standard InChI is InChI=1S/C30H30FN6.2H2/c1-4-24-16-37(13-17(2)32-24)29-22-9-21(10-22)28(34-35-29)25-8-7-20(11-26(25)19-5-6-19)23-12-27(31)30-33-18(3)14-36(30)15-23;;/h5-9,11-12,14-15,17,21,24,32H,4,10,13,16H2,1-3H3;2*1H/t17-,21?,24?;;/m1../s1. The Morgan fingerprint density at radius 3 is 2.73 bits per heavy atom. The van der Waals surface area contributed by atoms with Crippen LogP contribution in [0, 0.1) is 25.1 Å². The molecule has 2 bridgehead atoms. The van der Waals surface area contributed by atoms with Crippen LogP contribution < -0.4 is 5.32 Å². The maximum absolute atomic E-state index is 14.8. The Hall–Kier alpha value is -3.58. The highest BCUT2D eigenvalue weighted by atomic mass is 19.1. The predicted molar refractivity (Wildman–Crippen MR) is 150 cm³/mol. The van der Waals surface area contributed by atoms with Crippen molar-refractivity contribution in [3.63, 3.8) is 0 Å². The highest BCUT2D eigenvalue weighted by Gasteiger charge is 2.36. The highest BCUT2D eigenvalue weighted by Crippen LogP contribution is 2.40. The van der Waals surface area contributed by atoms with E-state index in [9.17, 15) is 4.39 Å². The Labute approximate surface area is 219 Å². The summed E-state index contributed by atoms with van der Waals surface area (Å²) in [4.78, 5) is 6.70. The summed E-state index contributed by atoms with van der Waals surface area (Å²) >= 11 is 0. The van der Waals surface area contributed by atoms with Gasteiger partial charge in [0.05, 0.1) is 11.4 Å². The van der Waals surface area contributed by atoms with Crippen molar-refractivity contribution in [1.29, 1.82) is 0 Å². The maximum Gasteiger partial charge on any atom is 0.173 e. The van der Waals surface area contributed by atoms with Gasteiger partial charge in [0.2, 0.25) is 0 Å². The van der Waals surface area contributed by atoms with E-state index in [1.54, 1.807) is 10.5 Å². The molecule has 3 atom stereocenters. The SMILES string of the molecule is CCC1CN(C2=NN=C(c3ccc(-c4cc(F)c5nc(C)cn5c4)cc3C3=C[CH]3)C3C=C2C3)C[C@@H](C)N1.[HH].[HH]. The Balaban J connectivity index is 0.00000154. The van der Waals surface area contributed by atoms with Gasteiger partial charge in [0.1, 0.15) is 0 Å². The van der Waals surface area contributed by atoms with Crippen LogP contribution in [0.15, 0.2) is 64.6 Å². The Bertz CT molecular complexity index is 1570. The van der Waals surface area contributed by atoms with Crippen molar-refractivity contribution >= 4 is 22.8 Å². The molecule has 0 amide bonds. The number of fused-ring (bicyclic) bond motifs is 2. The summed E-state index contributed by atoms with van der Waals surface area (Å²) in [5.41, 5.74) is 8.69. The van der Waals surface area contributed by atoms with Crippen molar-refractivity contribution in [3.05, 3.63) is 83.4 Å². The minimum absolute atomic E-state index is 0. The first-order valence-corrected chi connectivity index (χ1v) is 13.2. The maximum atomic E-state index is 14.8. The average Bonchev–Trinajstić information content (AvgIpc) is 3.67. The van der Waals surface area contributed by atoms with Crippen LogP contribution in [0.4, 0.5) is 4.39 Å². The quantitative estimate of drug-likeness (QED) is 0.505. The topological polar surface area (TPSA) is 57.3 Å². The number of halogens is 1. The number of pyridine rings is 1. The van der Waals surface area contributed by atoms with E-state index >= 15 is 0 Å². The molecule has 3 aliphatic heterocycles. The van der Waals surface area contributed by atoms with E-state index < -0.39 is 0 Å². The van der Waals surface area contributed by atoms with Gasteiger partial charge >= 0.3 is 0 Å². The lowest BCUT2D eigenvalue weighted by molar-refractivity contribution is 0.239. The molecule has 1 aromatic carbocycles. The summed E-state index contributed by atoms with van der Waals surface area (Å²) in [6.45, 7) is 8.26. The van der Waals surface area contributed by atoms with E-state index in [4.69, 9.17) is 10.2 Å². The number of rotatable bonds is 4. The van der Waals surface area contributed by atoms with Crippen LogP contribution in [0.5, 0.6) is 0 Å². The fourth-order valence-corrected chi connectivity index (χ4v) is 5.89. The molecule has 2 aliphatic carbocycles. The van der Waals surface area contributed by atoms with Gasteiger partial charge in [-0.3, -0.25) is 0 Å². The van der Waals surface area contributed by atoms with Crippen LogP contribution >= 0.6 is 0 Å². The molecule has 1 saturated heterocycles. The van der Waals surface area contributed by atoms with E-state index in [0.717, 1.165) is 65.4 Å². The molecule has 5 aliphatic rings. The summed E-state index contributed by atoms with van der Waals surface area (Å²) in [7, 11) is 0. The first kappa shape index (κ1) is 22.6. The van der Waals surface area contributed by atoms with Gasteiger partial charge in [0.15, 0.2) is 17.3 Å². The van der Waals surface area contributed by atoms with Crippen molar-refractivity contribution in [3.8, 4) is 11.1 Å². The Kier molecular flexibility index (Phi) is 5.18. The van der Waals surface area contributed by atoms with Crippen molar-refractivity contribution in [2.24, 2.45) is 16.1 Å². The van der Waals surface area contributed by atoms with Crippen LogP contribution in [-0.4, -0.2) is 51.0 Å². The summed E-state index contributed by atoms with van der Waals surface area (Å²) < 4.78 is 16.6. The zero-order valence-corrected chi connectivity index (χ0v) is 21.4. The molecule has 1 radical (unpaired) electrons. The van der Waals surface area contributed by atoms with Crippen LogP contribution in [0.25, 0.3) is 22.3 Å². The number of aromatic nitrogens is 2. The van der Waals surface area contributed by atoms with Crippen LogP contribution in [0.3, 0.4) is 0 Å². The number of aryl methyl sites for hydroxylation is 1. The monoisotopic (exact) mass is 497 g/mol. The molecule has 8 rings (SSSR count). The highest BCUT2D eigenvalue weighted by molar-refractivity contribution is 6.14. The molecule has 2 aromatic heterocycles. The third-order valence-corrected chi connectivity index (χ3v) is 7.88. The fraction of sp³-hybridized carbons (Fsp3) is 0.333. The third-order valence-electron chi connectivity index (χ3n) is 7.88. The molecular weight excluding hydrogens is 463 g/mol. The van der Waals surface area contributed by atoms with Gasteiger partial charge < -0.3 is 14.6 Å². The van der Waals surface area contributed by atoms with Crippen LogP contribution in [0.2, 0.25) is 0 Å². The average molecular weight is 498 g/mol. The van der Waals surface area contributed by atoms with Gasteiger partial charge in [-0.15, -0.1) is 5.10 Å². The smallest absolute Gasteiger partial charge is 0.173 e. The number of imidazole rings is 1. The predicted octanol–water partition coefficient (Wildman–Crippen LogP) is 5.68. The molecule has 3 aromatic rings. The number of benzene rings is 1. The van der Waals surface area contributed by atoms with E-state index in [-0.39, 0.29) is 14.6 Å².